The fraction of sp³-hybridized carbons (Fsp3) is 1.00. The second-order valence-electron chi connectivity index (χ2n) is 5.25. The average Bonchev–Trinajstić information content (AvgIpc) is 2.56. The Labute approximate surface area is 136 Å². The lowest BCUT2D eigenvalue weighted by molar-refractivity contribution is -0.923. The normalized spacial score (nSPS) is 12.0. The summed E-state index contributed by atoms with van der Waals surface area (Å²) < 4.78 is 22.8. The Bertz CT molecular complexity index is 218. The molecule has 0 fully saturated rings. The van der Waals surface area contributed by atoms with Crippen LogP contribution in [-0.4, -0.2) is 90.1 Å². The highest BCUT2D eigenvalue weighted by Gasteiger charge is 2.19. The van der Waals surface area contributed by atoms with Gasteiger partial charge in [-0.1, -0.05) is 0 Å². The molecular formula is C16H37N2O4+. The van der Waals surface area contributed by atoms with Crippen molar-refractivity contribution in [2.45, 2.75) is 20.8 Å². The first-order valence-corrected chi connectivity index (χ1v) is 8.60. The molecule has 134 valence electrons. The average molecular weight is 321 g/mol. The molecule has 0 saturated carbocycles. The molecule has 0 bridgehead atoms. The number of hydrogen-bond acceptors (Lipinski definition) is 5. The van der Waals surface area contributed by atoms with Crippen LogP contribution >= 0.6 is 0 Å². The zero-order valence-corrected chi connectivity index (χ0v) is 14.8. The molecule has 0 unspecified atom stereocenters. The lowest BCUT2D eigenvalue weighted by atomic mass is 10.3. The van der Waals surface area contributed by atoms with E-state index >= 15 is 0 Å². The van der Waals surface area contributed by atoms with Crippen LogP contribution in [0.5, 0.6) is 0 Å². The topological polar surface area (TPSA) is 62.9 Å². The molecule has 0 aromatic carbocycles. The molecule has 0 amide bonds. The summed E-state index contributed by atoms with van der Waals surface area (Å²) in [6.45, 7) is 16.9. The van der Waals surface area contributed by atoms with Gasteiger partial charge in [0.05, 0.1) is 72.5 Å². The van der Waals surface area contributed by atoms with Gasteiger partial charge in [0, 0.05) is 6.54 Å². The van der Waals surface area contributed by atoms with Gasteiger partial charge in [0.25, 0.3) is 0 Å². The second-order valence-corrected chi connectivity index (χ2v) is 5.25. The number of ether oxygens (including phenoxy) is 4. The zero-order chi connectivity index (χ0) is 16.5. The molecular weight excluding hydrogens is 284 g/mol. The minimum absolute atomic E-state index is 0.553. The van der Waals surface area contributed by atoms with Gasteiger partial charge >= 0.3 is 0 Å². The van der Waals surface area contributed by atoms with Crippen molar-refractivity contribution in [3.63, 3.8) is 0 Å². The van der Waals surface area contributed by atoms with Crippen LogP contribution in [0.25, 0.3) is 0 Å². The predicted molar refractivity (Wildman–Crippen MR) is 89.1 cm³/mol. The summed E-state index contributed by atoms with van der Waals surface area (Å²) in [5.41, 5.74) is 5.31. The van der Waals surface area contributed by atoms with Crippen molar-refractivity contribution in [1.29, 1.82) is 0 Å². The van der Waals surface area contributed by atoms with Gasteiger partial charge in [0.15, 0.2) is 0 Å². The smallest absolute Gasteiger partial charge is 0.102 e. The third kappa shape index (κ3) is 11.3. The highest BCUT2D eigenvalue weighted by atomic mass is 16.6. The van der Waals surface area contributed by atoms with E-state index in [9.17, 15) is 0 Å². The highest BCUT2D eigenvalue weighted by Crippen LogP contribution is 2.04. The van der Waals surface area contributed by atoms with Gasteiger partial charge in [-0.2, -0.15) is 0 Å². The molecule has 0 heterocycles. The number of hydrogen-bond donors (Lipinski definition) is 1. The zero-order valence-electron chi connectivity index (χ0n) is 14.8. The number of quaternary nitrogens is 1. The maximum absolute atomic E-state index is 5.65. The third-order valence-corrected chi connectivity index (χ3v) is 4.10. The molecule has 2 N–H and O–H groups in total. The molecule has 22 heavy (non-hydrogen) atoms. The Hall–Kier alpha value is -0.240. The first kappa shape index (κ1) is 21.8. The fourth-order valence-electron chi connectivity index (χ4n) is 2.25. The standard InChI is InChI=1S/C16H37N2O4/c1-4-18(5-2,6-3)8-10-20-12-14-22-16-15-21-13-11-19-9-7-17/h4-17H2,1-3H3/q+1. The summed E-state index contributed by atoms with van der Waals surface area (Å²) in [6, 6.07) is 0. The first-order valence-electron chi connectivity index (χ1n) is 8.60. The predicted octanol–water partition coefficient (Wildman–Crippen LogP) is 0.888. The molecule has 6 heteroatoms. The molecule has 0 aliphatic carbocycles. The fourth-order valence-corrected chi connectivity index (χ4v) is 2.25. The molecule has 0 aromatic heterocycles. The van der Waals surface area contributed by atoms with Crippen molar-refractivity contribution in [3.8, 4) is 0 Å². The Morgan fingerprint density at radius 2 is 0.955 bits per heavy atom. The first-order chi connectivity index (χ1) is 10.7. The van der Waals surface area contributed by atoms with E-state index in [2.05, 4.69) is 20.8 Å². The van der Waals surface area contributed by atoms with Crippen LogP contribution in [0.3, 0.4) is 0 Å². The Morgan fingerprint density at radius 1 is 0.591 bits per heavy atom. The quantitative estimate of drug-likeness (QED) is 0.318. The SMILES string of the molecule is CC[N+](CC)(CC)CCOCCOCCOCCOCCN. The molecule has 0 aliphatic heterocycles. The van der Waals surface area contributed by atoms with E-state index in [0.717, 1.165) is 17.6 Å². The Balaban J connectivity index is 3.27. The van der Waals surface area contributed by atoms with Crippen LogP contribution < -0.4 is 5.73 Å². The van der Waals surface area contributed by atoms with E-state index < -0.39 is 0 Å². The van der Waals surface area contributed by atoms with E-state index in [1.807, 2.05) is 0 Å². The molecule has 0 saturated heterocycles. The monoisotopic (exact) mass is 321 g/mol. The largest absolute Gasteiger partial charge is 0.378 e. The van der Waals surface area contributed by atoms with Crippen molar-refractivity contribution in [1.82, 2.24) is 0 Å². The Morgan fingerprint density at radius 3 is 1.32 bits per heavy atom. The molecule has 6 nitrogen and oxygen atoms in total. The van der Waals surface area contributed by atoms with E-state index in [1.165, 1.54) is 19.6 Å². The van der Waals surface area contributed by atoms with Gasteiger partial charge in [0.2, 0.25) is 0 Å². The summed E-state index contributed by atoms with van der Waals surface area (Å²) in [7, 11) is 0. The maximum Gasteiger partial charge on any atom is 0.102 e. The van der Waals surface area contributed by atoms with E-state index in [4.69, 9.17) is 24.7 Å². The number of nitrogens with two attached hydrogens (primary N) is 1. The van der Waals surface area contributed by atoms with Gasteiger partial charge < -0.3 is 29.2 Å². The molecule has 0 spiro atoms. The molecule has 0 aliphatic rings. The molecule has 0 radical (unpaired) electrons. The molecule has 0 rings (SSSR count). The van der Waals surface area contributed by atoms with E-state index in [-0.39, 0.29) is 0 Å². The lowest BCUT2D eigenvalue weighted by Gasteiger charge is -2.35. The highest BCUT2D eigenvalue weighted by molar-refractivity contribution is 4.40. The van der Waals surface area contributed by atoms with Crippen molar-refractivity contribution in [2.75, 3.05) is 85.6 Å². The van der Waals surface area contributed by atoms with Crippen LogP contribution in [0.4, 0.5) is 0 Å². The van der Waals surface area contributed by atoms with Crippen LogP contribution in [0, 0.1) is 0 Å². The summed E-state index contributed by atoms with van der Waals surface area (Å²) in [5, 5.41) is 0. The van der Waals surface area contributed by atoms with E-state index in [1.54, 1.807) is 0 Å². The van der Waals surface area contributed by atoms with Gasteiger partial charge in [-0.05, 0) is 20.8 Å². The van der Waals surface area contributed by atoms with Crippen LogP contribution in [0.2, 0.25) is 0 Å². The summed E-state index contributed by atoms with van der Waals surface area (Å²) in [4.78, 5) is 0. The van der Waals surface area contributed by atoms with Crippen molar-refractivity contribution < 1.29 is 23.4 Å². The molecule has 0 aromatic rings. The van der Waals surface area contributed by atoms with E-state index in [0.29, 0.717) is 52.8 Å². The summed E-state index contributed by atoms with van der Waals surface area (Å²) in [5.74, 6) is 0. The summed E-state index contributed by atoms with van der Waals surface area (Å²) in [6.07, 6.45) is 0. The molecule has 0 atom stereocenters. The summed E-state index contributed by atoms with van der Waals surface area (Å²) >= 11 is 0. The van der Waals surface area contributed by atoms with Crippen LogP contribution in [0.15, 0.2) is 0 Å². The number of nitrogens with zero attached hydrogens (tertiary/aromatic N) is 1. The van der Waals surface area contributed by atoms with Gasteiger partial charge in [0.1, 0.15) is 6.54 Å². The van der Waals surface area contributed by atoms with Crippen molar-refractivity contribution >= 4 is 0 Å². The van der Waals surface area contributed by atoms with Crippen LogP contribution in [0.1, 0.15) is 20.8 Å². The van der Waals surface area contributed by atoms with Crippen molar-refractivity contribution in [2.24, 2.45) is 5.73 Å². The van der Waals surface area contributed by atoms with Gasteiger partial charge in [-0.15, -0.1) is 0 Å². The lowest BCUT2D eigenvalue weighted by Crippen LogP contribution is -2.49. The number of rotatable bonds is 17. The Kier molecular flexibility index (Phi) is 15.5. The van der Waals surface area contributed by atoms with Gasteiger partial charge in [-0.25, -0.2) is 0 Å². The van der Waals surface area contributed by atoms with Gasteiger partial charge in [-0.3, -0.25) is 0 Å². The van der Waals surface area contributed by atoms with Crippen molar-refractivity contribution in [3.05, 3.63) is 0 Å². The maximum atomic E-state index is 5.65. The minimum Gasteiger partial charge on any atom is -0.378 e. The number of likely N-dealkylation sites (N-methyl/N-ethyl adjacent to an activating group) is 1. The minimum atomic E-state index is 0.553. The third-order valence-electron chi connectivity index (χ3n) is 4.10. The second kappa shape index (κ2) is 15.6. The van der Waals surface area contributed by atoms with Crippen LogP contribution in [-0.2, 0) is 18.9 Å².